The number of rotatable bonds is 3. The molecule has 0 atom stereocenters. The Labute approximate surface area is 111 Å². The molecule has 17 heavy (non-hydrogen) atoms. The van der Waals surface area contributed by atoms with Gasteiger partial charge in [0.05, 0.1) is 6.54 Å². The van der Waals surface area contributed by atoms with Crippen LogP contribution in [-0.2, 0) is 6.54 Å². The molecule has 0 bridgehead atoms. The number of carbonyl (C=O) groups is 1. The Morgan fingerprint density at radius 3 is 2.65 bits per heavy atom. The lowest BCUT2D eigenvalue weighted by atomic mass is 10.2. The molecule has 0 spiro atoms. The zero-order chi connectivity index (χ0) is 12.3. The van der Waals surface area contributed by atoms with Crippen molar-refractivity contribution in [3.05, 3.63) is 44.3 Å². The summed E-state index contributed by atoms with van der Waals surface area (Å²) in [6.07, 6.45) is 0. The van der Waals surface area contributed by atoms with Gasteiger partial charge in [0.2, 0.25) is 0 Å². The van der Waals surface area contributed by atoms with Gasteiger partial charge in [0.15, 0.2) is 0 Å². The van der Waals surface area contributed by atoms with Gasteiger partial charge in [-0.15, -0.1) is 10.2 Å². The molecule has 1 amide bonds. The molecule has 0 aliphatic carbocycles. The van der Waals surface area contributed by atoms with E-state index < -0.39 is 0 Å². The normalized spacial score (nSPS) is 10.2. The van der Waals surface area contributed by atoms with Crippen molar-refractivity contribution in [3.63, 3.8) is 0 Å². The predicted octanol–water partition coefficient (Wildman–Crippen LogP) is 2.54. The molecule has 0 aliphatic rings. The second-order valence-electron chi connectivity index (χ2n) is 3.40. The predicted molar refractivity (Wildman–Crippen MR) is 70.0 cm³/mol. The standard InChI is InChI=1S/C11H10BrN3OS/c1-7-14-15-10(17-7)6-13-11(16)8-2-4-9(12)5-3-8/h2-5H,6H2,1H3,(H,13,16). The first kappa shape index (κ1) is 12.2. The van der Waals surface area contributed by atoms with Crippen LogP contribution in [0.2, 0.25) is 0 Å². The third-order valence-corrected chi connectivity index (χ3v) is 3.44. The Kier molecular flexibility index (Phi) is 3.86. The highest BCUT2D eigenvalue weighted by atomic mass is 79.9. The molecule has 0 saturated heterocycles. The summed E-state index contributed by atoms with van der Waals surface area (Å²) in [6, 6.07) is 7.21. The zero-order valence-electron chi connectivity index (χ0n) is 9.11. The Bertz CT molecular complexity index is 524. The summed E-state index contributed by atoms with van der Waals surface area (Å²) in [6.45, 7) is 2.30. The molecule has 0 aliphatic heterocycles. The van der Waals surface area contributed by atoms with Crippen molar-refractivity contribution >= 4 is 33.2 Å². The first-order valence-corrected chi connectivity index (χ1v) is 6.59. The van der Waals surface area contributed by atoms with Crippen LogP contribution in [0.4, 0.5) is 0 Å². The second-order valence-corrected chi connectivity index (χ2v) is 5.59. The van der Waals surface area contributed by atoms with Gasteiger partial charge in [-0.1, -0.05) is 27.3 Å². The second kappa shape index (κ2) is 5.37. The summed E-state index contributed by atoms with van der Waals surface area (Å²) in [4.78, 5) is 11.8. The maximum absolute atomic E-state index is 11.8. The summed E-state index contributed by atoms with van der Waals surface area (Å²) >= 11 is 4.81. The fourth-order valence-electron chi connectivity index (χ4n) is 1.27. The molecule has 0 fully saturated rings. The van der Waals surface area contributed by atoms with Crippen LogP contribution in [-0.4, -0.2) is 16.1 Å². The molecule has 0 radical (unpaired) electrons. The van der Waals surface area contributed by atoms with Crippen LogP contribution in [0.5, 0.6) is 0 Å². The Morgan fingerprint density at radius 2 is 2.06 bits per heavy atom. The van der Waals surface area contributed by atoms with Gasteiger partial charge >= 0.3 is 0 Å². The Hall–Kier alpha value is -1.27. The monoisotopic (exact) mass is 311 g/mol. The number of amides is 1. The van der Waals surface area contributed by atoms with Crippen LogP contribution in [0.1, 0.15) is 20.4 Å². The number of aromatic nitrogens is 2. The van der Waals surface area contributed by atoms with Crippen LogP contribution >= 0.6 is 27.3 Å². The van der Waals surface area contributed by atoms with E-state index in [-0.39, 0.29) is 5.91 Å². The number of hydrogen-bond donors (Lipinski definition) is 1. The van der Waals surface area contributed by atoms with Gasteiger partial charge in [-0.25, -0.2) is 0 Å². The maximum atomic E-state index is 11.8. The molecule has 1 aromatic carbocycles. The third kappa shape index (κ3) is 3.34. The van der Waals surface area contributed by atoms with Crippen molar-refractivity contribution in [3.8, 4) is 0 Å². The Morgan fingerprint density at radius 1 is 1.35 bits per heavy atom. The highest BCUT2D eigenvalue weighted by Crippen LogP contribution is 2.11. The Balaban J connectivity index is 1.95. The van der Waals surface area contributed by atoms with E-state index in [0.29, 0.717) is 12.1 Å². The van der Waals surface area contributed by atoms with Crippen molar-refractivity contribution in [1.29, 1.82) is 0 Å². The van der Waals surface area contributed by atoms with Gasteiger partial charge < -0.3 is 5.32 Å². The van der Waals surface area contributed by atoms with Gasteiger partial charge in [-0.2, -0.15) is 0 Å². The van der Waals surface area contributed by atoms with E-state index in [0.717, 1.165) is 14.5 Å². The van der Waals surface area contributed by atoms with Crippen LogP contribution in [0.25, 0.3) is 0 Å². The summed E-state index contributed by atoms with van der Waals surface area (Å²) in [5, 5.41) is 12.3. The minimum Gasteiger partial charge on any atom is -0.345 e. The van der Waals surface area contributed by atoms with Crippen LogP contribution in [0.3, 0.4) is 0 Å². The minimum atomic E-state index is -0.106. The van der Waals surface area contributed by atoms with E-state index in [1.54, 1.807) is 12.1 Å². The lowest BCUT2D eigenvalue weighted by Crippen LogP contribution is -2.22. The van der Waals surface area contributed by atoms with Crippen molar-refractivity contribution in [2.45, 2.75) is 13.5 Å². The summed E-state index contributed by atoms with van der Waals surface area (Å²) in [5.74, 6) is -0.106. The smallest absolute Gasteiger partial charge is 0.251 e. The summed E-state index contributed by atoms with van der Waals surface area (Å²) < 4.78 is 0.953. The molecule has 1 aromatic heterocycles. The van der Waals surface area contributed by atoms with Gasteiger partial charge in [0, 0.05) is 10.0 Å². The molecular formula is C11H10BrN3OS. The number of carbonyl (C=O) groups excluding carboxylic acids is 1. The molecule has 1 heterocycles. The van der Waals surface area contributed by atoms with Crippen molar-refractivity contribution in [2.24, 2.45) is 0 Å². The minimum absolute atomic E-state index is 0.106. The van der Waals surface area contributed by atoms with Crippen LogP contribution in [0.15, 0.2) is 28.7 Å². The van der Waals surface area contributed by atoms with E-state index >= 15 is 0 Å². The molecule has 88 valence electrons. The number of halogens is 1. The van der Waals surface area contributed by atoms with Crippen LogP contribution < -0.4 is 5.32 Å². The molecule has 2 aromatic rings. The molecule has 0 saturated carbocycles. The van der Waals surface area contributed by atoms with E-state index in [4.69, 9.17) is 0 Å². The number of nitrogens with one attached hydrogen (secondary N) is 1. The lowest BCUT2D eigenvalue weighted by Gasteiger charge is -2.02. The first-order valence-electron chi connectivity index (χ1n) is 4.98. The van der Waals surface area contributed by atoms with Gasteiger partial charge in [-0.3, -0.25) is 4.79 Å². The van der Waals surface area contributed by atoms with E-state index in [1.165, 1.54) is 11.3 Å². The largest absolute Gasteiger partial charge is 0.345 e. The average Bonchev–Trinajstić information content (AvgIpc) is 2.73. The molecular weight excluding hydrogens is 302 g/mol. The first-order chi connectivity index (χ1) is 8.15. The topological polar surface area (TPSA) is 54.9 Å². The SMILES string of the molecule is Cc1nnc(CNC(=O)c2ccc(Br)cc2)s1. The lowest BCUT2D eigenvalue weighted by molar-refractivity contribution is 0.0951. The maximum Gasteiger partial charge on any atom is 0.251 e. The fraction of sp³-hybridized carbons (Fsp3) is 0.182. The summed E-state index contributed by atoms with van der Waals surface area (Å²) in [7, 11) is 0. The average molecular weight is 312 g/mol. The molecule has 4 nitrogen and oxygen atoms in total. The highest BCUT2D eigenvalue weighted by molar-refractivity contribution is 9.10. The van der Waals surface area contributed by atoms with E-state index in [2.05, 4.69) is 31.4 Å². The number of nitrogens with zero attached hydrogens (tertiary/aromatic N) is 2. The van der Waals surface area contributed by atoms with E-state index in [1.807, 2.05) is 19.1 Å². The zero-order valence-corrected chi connectivity index (χ0v) is 11.5. The fourth-order valence-corrected chi connectivity index (χ4v) is 2.18. The highest BCUT2D eigenvalue weighted by Gasteiger charge is 2.06. The molecule has 6 heteroatoms. The molecule has 2 rings (SSSR count). The number of benzene rings is 1. The molecule has 0 unspecified atom stereocenters. The van der Waals surface area contributed by atoms with Gasteiger partial charge in [0.25, 0.3) is 5.91 Å². The van der Waals surface area contributed by atoms with Gasteiger partial charge in [-0.05, 0) is 31.2 Å². The van der Waals surface area contributed by atoms with Gasteiger partial charge in [0.1, 0.15) is 10.0 Å². The van der Waals surface area contributed by atoms with Crippen molar-refractivity contribution < 1.29 is 4.79 Å². The third-order valence-electron chi connectivity index (χ3n) is 2.07. The number of aryl methyl sites for hydroxylation is 1. The summed E-state index contributed by atoms with van der Waals surface area (Å²) in [5.41, 5.74) is 0.634. The molecule has 1 N–H and O–H groups in total. The number of hydrogen-bond acceptors (Lipinski definition) is 4. The van der Waals surface area contributed by atoms with E-state index in [9.17, 15) is 4.79 Å². The van der Waals surface area contributed by atoms with Crippen molar-refractivity contribution in [2.75, 3.05) is 0 Å². The quantitative estimate of drug-likeness (QED) is 0.947. The van der Waals surface area contributed by atoms with Crippen molar-refractivity contribution in [1.82, 2.24) is 15.5 Å². The van der Waals surface area contributed by atoms with Crippen LogP contribution in [0, 0.1) is 6.92 Å².